The van der Waals surface area contributed by atoms with Gasteiger partial charge in [0.15, 0.2) is 0 Å². The predicted molar refractivity (Wildman–Crippen MR) is 121 cm³/mol. The van der Waals surface area contributed by atoms with E-state index in [0.29, 0.717) is 17.1 Å². The highest BCUT2D eigenvalue weighted by Crippen LogP contribution is 2.34. The van der Waals surface area contributed by atoms with Gasteiger partial charge in [0.05, 0.1) is 0 Å². The van der Waals surface area contributed by atoms with Gasteiger partial charge in [0, 0.05) is 12.3 Å². The topological polar surface area (TPSA) is 17.1 Å². The molecule has 1 rings (SSSR count). The fourth-order valence-corrected chi connectivity index (χ4v) is 3.67. The molecular formula is C26H42O. The van der Waals surface area contributed by atoms with Crippen molar-refractivity contribution in [2.75, 3.05) is 0 Å². The van der Waals surface area contributed by atoms with Crippen LogP contribution in [-0.4, -0.2) is 5.78 Å². The number of ketones is 1. The number of rotatable bonds is 12. The minimum atomic E-state index is 0.215. The van der Waals surface area contributed by atoms with E-state index in [1.165, 1.54) is 31.3 Å². The lowest BCUT2D eigenvalue weighted by Gasteiger charge is -2.23. The molecular weight excluding hydrogens is 328 g/mol. The van der Waals surface area contributed by atoms with E-state index in [1.807, 2.05) is 0 Å². The third-order valence-electron chi connectivity index (χ3n) is 5.45. The summed E-state index contributed by atoms with van der Waals surface area (Å²) in [7, 11) is 0. The molecule has 1 aliphatic carbocycles. The third kappa shape index (κ3) is 11.7. The molecule has 0 aromatic carbocycles. The SMILES string of the molecule is C#C.C=C(C)CCC/C=C\C[C@H]1C(=O)CCC1/C=C/CC(C)(C)CCCC. The van der Waals surface area contributed by atoms with Crippen LogP contribution in [-0.2, 0) is 4.79 Å². The van der Waals surface area contributed by atoms with Crippen LogP contribution in [0.5, 0.6) is 0 Å². The standard InChI is InChI=1S/C24H40O.C2H2/c1-6-7-18-24(4,5)19-12-14-21-16-17-23(25)22(21)15-11-9-8-10-13-20(2)3;1-2/h9,11-12,14,21-22H,2,6-8,10,13,15-19H2,1,3-5H3;1-2H/b11-9-,14-12+;/t21?,22-;/m1./s1. The molecule has 152 valence electrons. The van der Waals surface area contributed by atoms with Gasteiger partial charge in [0.25, 0.3) is 0 Å². The Morgan fingerprint density at radius 2 is 1.93 bits per heavy atom. The average molecular weight is 371 g/mol. The highest BCUT2D eigenvalue weighted by atomic mass is 16.1. The van der Waals surface area contributed by atoms with Gasteiger partial charge < -0.3 is 0 Å². The molecule has 0 saturated heterocycles. The molecule has 1 saturated carbocycles. The van der Waals surface area contributed by atoms with E-state index in [1.54, 1.807) is 0 Å². The summed E-state index contributed by atoms with van der Waals surface area (Å²) in [4.78, 5) is 12.2. The lowest BCUT2D eigenvalue weighted by Crippen LogP contribution is -2.13. The molecule has 0 bridgehead atoms. The number of carbonyl (C=O) groups is 1. The van der Waals surface area contributed by atoms with Gasteiger partial charge in [0.2, 0.25) is 0 Å². The monoisotopic (exact) mass is 370 g/mol. The molecule has 0 N–H and O–H groups in total. The summed E-state index contributed by atoms with van der Waals surface area (Å²) in [6, 6.07) is 0. The smallest absolute Gasteiger partial charge is 0.136 e. The fourth-order valence-electron chi connectivity index (χ4n) is 3.67. The van der Waals surface area contributed by atoms with Gasteiger partial charge in [-0.1, -0.05) is 63.5 Å². The van der Waals surface area contributed by atoms with Crippen LogP contribution in [0.4, 0.5) is 0 Å². The first-order valence-electron chi connectivity index (χ1n) is 10.7. The molecule has 1 heteroatoms. The molecule has 0 heterocycles. The Morgan fingerprint density at radius 1 is 1.22 bits per heavy atom. The predicted octanol–water partition coefficient (Wildman–Crippen LogP) is 7.69. The minimum absolute atomic E-state index is 0.215. The van der Waals surface area contributed by atoms with Crippen molar-refractivity contribution in [1.29, 1.82) is 0 Å². The molecule has 0 aliphatic heterocycles. The van der Waals surface area contributed by atoms with E-state index >= 15 is 0 Å². The summed E-state index contributed by atoms with van der Waals surface area (Å²) in [5, 5.41) is 0. The quantitative estimate of drug-likeness (QED) is 0.195. The van der Waals surface area contributed by atoms with Crippen LogP contribution in [0.3, 0.4) is 0 Å². The number of unbranched alkanes of at least 4 members (excludes halogenated alkanes) is 2. The van der Waals surface area contributed by atoms with Gasteiger partial charge >= 0.3 is 0 Å². The third-order valence-corrected chi connectivity index (χ3v) is 5.45. The summed E-state index contributed by atoms with van der Waals surface area (Å²) < 4.78 is 0. The minimum Gasteiger partial charge on any atom is -0.299 e. The lowest BCUT2D eigenvalue weighted by atomic mass is 9.83. The Labute approximate surface area is 169 Å². The van der Waals surface area contributed by atoms with Crippen LogP contribution in [0.25, 0.3) is 0 Å². The summed E-state index contributed by atoms with van der Waals surface area (Å²) >= 11 is 0. The van der Waals surface area contributed by atoms with Crippen molar-refractivity contribution < 1.29 is 4.79 Å². The van der Waals surface area contributed by atoms with Gasteiger partial charge in [0.1, 0.15) is 5.78 Å². The molecule has 0 spiro atoms. The second-order valence-electron chi connectivity index (χ2n) is 8.73. The van der Waals surface area contributed by atoms with E-state index in [2.05, 4.69) is 71.4 Å². The highest BCUT2D eigenvalue weighted by molar-refractivity contribution is 5.83. The van der Waals surface area contributed by atoms with Crippen LogP contribution < -0.4 is 0 Å². The second kappa shape index (κ2) is 14.5. The fraction of sp³-hybridized carbons (Fsp3) is 0.654. The molecule has 1 unspecified atom stereocenters. The van der Waals surface area contributed by atoms with E-state index in [9.17, 15) is 4.79 Å². The molecule has 1 nitrogen and oxygen atoms in total. The summed E-state index contributed by atoms with van der Waals surface area (Å²) in [6.45, 7) is 13.0. The van der Waals surface area contributed by atoms with Gasteiger partial charge in [-0.05, 0) is 63.2 Å². The normalized spacial score (nSPS) is 20.1. The lowest BCUT2D eigenvalue weighted by molar-refractivity contribution is -0.120. The van der Waals surface area contributed by atoms with E-state index in [4.69, 9.17) is 0 Å². The van der Waals surface area contributed by atoms with Crippen LogP contribution in [0.15, 0.2) is 36.5 Å². The van der Waals surface area contributed by atoms with Gasteiger partial charge in [-0.2, -0.15) is 0 Å². The zero-order chi connectivity index (χ0) is 20.7. The number of carbonyl (C=O) groups excluding carboxylic acids is 1. The van der Waals surface area contributed by atoms with Gasteiger partial charge in [-0.25, -0.2) is 0 Å². The molecule has 1 fully saturated rings. The van der Waals surface area contributed by atoms with Gasteiger partial charge in [-0.3, -0.25) is 4.79 Å². The summed E-state index contributed by atoms with van der Waals surface area (Å²) in [5.41, 5.74) is 1.64. The second-order valence-corrected chi connectivity index (χ2v) is 8.73. The van der Waals surface area contributed by atoms with Crippen LogP contribution >= 0.6 is 0 Å². The molecule has 27 heavy (non-hydrogen) atoms. The van der Waals surface area contributed by atoms with Crippen LogP contribution in [0, 0.1) is 30.1 Å². The highest BCUT2D eigenvalue weighted by Gasteiger charge is 2.31. The number of hydrogen-bond acceptors (Lipinski definition) is 1. The molecule has 0 amide bonds. The Bertz CT molecular complexity index is 504. The Balaban J connectivity index is 0.00000326. The average Bonchev–Trinajstić information content (AvgIpc) is 2.97. The first-order valence-corrected chi connectivity index (χ1v) is 10.7. The Kier molecular flexibility index (Phi) is 13.7. The van der Waals surface area contributed by atoms with Crippen molar-refractivity contribution in [3.63, 3.8) is 0 Å². The molecule has 0 aromatic rings. The number of allylic oxidation sites excluding steroid dienone is 5. The van der Waals surface area contributed by atoms with E-state index in [-0.39, 0.29) is 5.92 Å². The van der Waals surface area contributed by atoms with Crippen molar-refractivity contribution in [1.82, 2.24) is 0 Å². The van der Waals surface area contributed by atoms with Crippen molar-refractivity contribution in [3.05, 3.63) is 36.5 Å². The Hall–Kier alpha value is -1.55. The first kappa shape index (κ1) is 25.4. The van der Waals surface area contributed by atoms with E-state index < -0.39 is 0 Å². The number of terminal acetylenes is 1. The molecule has 0 radical (unpaired) electrons. The van der Waals surface area contributed by atoms with Gasteiger partial charge in [-0.15, -0.1) is 19.4 Å². The maximum Gasteiger partial charge on any atom is 0.136 e. The number of hydrogen-bond donors (Lipinski definition) is 0. The van der Waals surface area contributed by atoms with E-state index in [0.717, 1.165) is 38.5 Å². The largest absolute Gasteiger partial charge is 0.299 e. The first-order chi connectivity index (χ1) is 12.9. The number of Topliss-reactive ketones (excluding diaryl/α,β-unsaturated/α-hetero) is 1. The van der Waals surface area contributed by atoms with Crippen molar-refractivity contribution in [3.8, 4) is 12.8 Å². The van der Waals surface area contributed by atoms with Crippen molar-refractivity contribution in [2.45, 2.75) is 91.9 Å². The zero-order valence-corrected chi connectivity index (χ0v) is 18.3. The summed E-state index contributed by atoms with van der Waals surface area (Å²) in [6.07, 6.45) is 28.3. The maximum atomic E-state index is 12.2. The van der Waals surface area contributed by atoms with Crippen molar-refractivity contribution in [2.24, 2.45) is 17.3 Å². The van der Waals surface area contributed by atoms with Crippen molar-refractivity contribution >= 4 is 5.78 Å². The van der Waals surface area contributed by atoms with Crippen LogP contribution in [0.1, 0.15) is 91.9 Å². The molecule has 2 atom stereocenters. The maximum absolute atomic E-state index is 12.2. The summed E-state index contributed by atoms with van der Waals surface area (Å²) in [5.74, 6) is 1.13. The Morgan fingerprint density at radius 3 is 2.56 bits per heavy atom. The van der Waals surface area contributed by atoms with Crippen LogP contribution in [0.2, 0.25) is 0 Å². The molecule has 1 aliphatic rings. The zero-order valence-electron chi connectivity index (χ0n) is 18.3. The molecule has 0 aromatic heterocycles.